The summed E-state index contributed by atoms with van der Waals surface area (Å²) < 4.78 is 2.18. The van der Waals surface area contributed by atoms with Gasteiger partial charge in [-0.15, -0.1) is 11.3 Å². The SMILES string of the molecule is Cc1cc(-c2ccc(C(=O)N(C)C)s2)nn1C1CCCC1. The largest absolute Gasteiger partial charge is 0.344 e. The fraction of sp³-hybridized carbons (Fsp3) is 0.500. The van der Waals surface area contributed by atoms with Crippen molar-refractivity contribution in [3.05, 3.63) is 28.8 Å². The number of amides is 1. The molecule has 3 rings (SSSR count). The van der Waals surface area contributed by atoms with E-state index in [0.717, 1.165) is 15.4 Å². The van der Waals surface area contributed by atoms with E-state index in [-0.39, 0.29) is 5.91 Å². The highest BCUT2D eigenvalue weighted by Crippen LogP contribution is 2.33. The average Bonchev–Trinajstić information content (AvgIpc) is 3.17. The topological polar surface area (TPSA) is 38.1 Å². The normalized spacial score (nSPS) is 15.6. The molecule has 1 fully saturated rings. The van der Waals surface area contributed by atoms with E-state index in [4.69, 9.17) is 5.10 Å². The number of hydrogen-bond acceptors (Lipinski definition) is 3. The molecular formula is C16H21N3OS. The van der Waals surface area contributed by atoms with Crippen LogP contribution >= 0.6 is 11.3 Å². The molecule has 0 bridgehead atoms. The maximum atomic E-state index is 12.0. The fourth-order valence-corrected chi connectivity index (χ4v) is 3.92. The molecule has 0 N–H and O–H groups in total. The van der Waals surface area contributed by atoms with Crippen molar-refractivity contribution < 1.29 is 4.79 Å². The summed E-state index contributed by atoms with van der Waals surface area (Å²) in [7, 11) is 3.56. The van der Waals surface area contributed by atoms with Gasteiger partial charge in [-0.05, 0) is 38.0 Å². The number of carbonyl (C=O) groups is 1. The van der Waals surface area contributed by atoms with E-state index in [1.165, 1.54) is 42.7 Å². The third-order valence-corrected chi connectivity index (χ3v) is 5.16. The van der Waals surface area contributed by atoms with Crippen molar-refractivity contribution in [2.45, 2.75) is 38.6 Å². The lowest BCUT2D eigenvalue weighted by Crippen LogP contribution is -2.20. The highest BCUT2D eigenvalue weighted by atomic mass is 32.1. The maximum Gasteiger partial charge on any atom is 0.263 e. The van der Waals surface area contributed by atoms with Gasteiger partial charge in [-0.2, -0.15) is 5.10 Å². The van der Waals surface area contributed by atoms with Crippen molar-refractivity contribution in [1.82, 2.24) is 14.7 Å². The van der Waals surface area contributed by atoms with Gasteiger partial charge in [0.1, 0.15) is 5.69 Å². The van der Waals surface area contributed by atoms with Crippen LogP contribution in [0.2, 0.25) is 0 Å². The number of thiophene rings is 1. The summed E-state index contributed by atoms with van der Waals surface area (Å²) in [4.78, 5) is 15.4. The van der Waals surface area contributed by atoms with Crippen molar-refractivity contribution in [2.24, 2.45) is 0 Å². The summed E-state index contributed by atoms with van der Waals surface area (Å²) in [5.74, 6) is 0.0539. The van der Waals surface area contributed by atoms with Crippen molar-refractivity contribution in [3.63, 3.8) is 0 Å². The molecule has 0 unspecified atom stereocenters. The van der Waals surface area contributed by atoms with Gasteiger partial charge in [-0.1, -0.05) is 12.8 Å². The lowest BCUT2D eigenvalue weighted by molar-refractivity contribution is 0.0832. The van der Waals surface area contributed by atoms with Crippen molar-refractivity contribution >= 4 is 17.2 Å². The Morgan fingerprint density at radius 1 is 1.33 bits per heavy atom. The summed E-state index contributed by atoms with van der Waals surface area (Å²) in [6.45, 7) is 2.12. The Bertz CT molecular complexity index is 650. The van der Waals surface area contributed by atoms with Gasteiger partial charge >= 0.3 is 0 Å². The van der Waals surface area contributed by atoms with Gasteiger partial charge in [0.05, 0.1) is 15.8 Å². The molecule has 1 amide bonds. The fourth-order valence-electron chi connectivity index (χ4n) is 2.94. The van der Waals surface area contributed by atoms with E-state index in [1.54, 1.807) is 19.0 Å². The number of rotatable bonds is 3. The van der Waals surface area contributed by atoms with Gasteiger partial charge in [0.2, 0.25) is 0 Å². The number of hydrogen-bond donors (Lipinski definition) is 0. The lowest BCUT2D eigenvalue weighted by Gasteiger charge is -2.11. The van der Waals surface area contributed by atoms with Crippen molar-refractivity contribution in [1.29, 1.82) is 0 Å². The van der Waals surface area contributed by atoms with Crippen LogP contribution in [0.1, 0.15) is 47.1 Å². The van der Waals surface area contributed by atoms with Gasteiger partial charge in [-0.3, -0.25) is 9.48 Å². The summed E-state index contributed by atoms with van der Waals surface area (Å²) in [5, 5.41) is 4.78. The molecule has 112 valence electrons. The third-order valence-electron chi connectivity index (χ3n) is 4.07. The number of nitrogens with zero attached hydrogens (tertiary/aromatic N) is 3. The summed E-state index contributed by atoms with van der Waals surface area (Å²) in [6.07, 6.45) is 5.08. The molecule has 0 saturated heterocycles. The number of carbonyl (C=O) groups excluding carboxylic acids is 1. The van der Waals surface area contributed by atoms with Gasteiger partial charge < -0.3 is 4.90 Å². The van der Waals surface area contributed by atoms with Crippen molar-refractivity contribution in [2.75, 3.05) is 14.1 Å². The van der Waals surface area contributed by atoms with Gasteiger partial charge in [0, 0.05) is 19.8 Å². The minimum Gasteiger partial charge on any atom is -0.344 e. The molecule has 2 aromatic rings. The Morgan fingerprint density at radius 2 is 2.05 bits per heavy atom. The molecule has 0 atom stereocenters. The zero-order valence-electron chi connectivity index (χ0n) is 12.8. The Hall–Kier alpha value is -1.62. The molecule has 0 radical (unpaired) electrons. The van der Waals surface area contributed by atoms with Crippen LogP contribution in [-0.4, -0.2) is 34.7 Å². The second-order valence-corrected chi connectivity index (χ2v) is 7.00. The quantitative estimate of drug-likeness (QED) is 0.866. The highest BCUT2D eigenvalue weighted by molar-refractivity contribution is 7.17. The monoisotopic (exact) mass is 303 g/mol. The van der Waals surface area contributed by atoms with Crippen LogP contribution in [0.3, 0.4) is 0 Å². The maximum absolute atomic E-state index is 12.0. The lowest BCUT2D eigenvalue weighted by atomic mass is 10.2. The third kappa shape index (κ3) is 2.75. The minimum atomic E-state index is 0.0539. The van der Waals surface area contributed by atoms with E-state index in [0.29, 0.717) is 6.04 Å². The molecule has 5 heteroatoms. The van der Waals surface area contributed by atoms with Gasteiger partial charge in [0.25, 0.3) is 5.91 Å². The number of aromatic nitrogens is 2. The zero-order valence-corrected chi connectivity index (χ0v) is 13.6. The standard InChI is InChI=1S/C16H21N3OS/c1-11-10-13(17-19(11)12-6-4-5-7-12)14-8-9-15(21-14)16(20)18(2)3/h8-10,12H,4-7H2,1-3H3. The summed E-state index contributed by atoms with van der Waals surface area (Å²) in [6, 6.07) is 6.59. The predicted molar refractivity (Wildman–Crippen MR) is 85.8 cm³/mol. The first-order valence-corrected chi connectivity index (χ1v) is 8.26. The van der Waals surface area contributed by atoms with E-state index in [1.807, 2.05) is 12.1 Å². The predicted octanol–water partition coefficient (Wildman–Crippen LogP) is 3.74. The van der Waals surface area contributed by atoms with E-state index < -0.39 is 0 Å². The Morgan fingerprint density at radius 3 is 2.71 bits per heavy atom. The molecule has 21 heavy (non-hydrogen) atoms. The van der Waals surface area contributed by atoms with Gasteiger partial charge in [-0.25, -0.2) is 0 Å². The van der Waals surface area contributed by atoms with Crippen LogP contribution in [-0.2, 0) is 0 Å². The average molecular weight is 303 g/mol. The molecule has 0 spiro atoms. The van der Waals surface area contributed by atoms with Crippen LogP contribution in [0.4, 0.5) is 0 Å². The van der Waals surface area contributed by atoms with Crippen LogP contribution in [0.5, 0.6) is 0 Å². The van der Waals surface area contributed by atoms with E-state index >= 15 is 0 Å². The van der Waals surface area contributed by atoms with Gasteiger partial charge in [0.15, 0.2) is 0 Å². The molecule has 0 aliphatic heterocycles. The first kappa shape index (κ1) is 14.3. The molecule has 2 aromatic heterocycles. The molecule has 0 aromatic carbocycles. The Kier molecular flexibility index (Phi) is 3.85. The second-order valence-electron chi connectivity index (χ2n) is 5.92. The highest BCUT2D eigenvalue weighted by Gasteiger charge is 2.21. The molecule has 1 aliphatic rings. The van der Waals surface area contributed by atoms with Crippen LogP contribution < -0.4 is 0 Å². The molecule has 2 heterocycles. The van der Waals surface area contributed by atoms with Crippen LogP contribution in [0.25, 0.3) is 10.6 Å². The van der Waals surface area contributed by atoms with Crippen LogP contribution in [0.15, 0.2) is 18.2 Å². The summed E-state index contributed by atoms with van der Waals surface area (Å²) in [5.41, 5.74) is 2.20. The minimum absolute atomic E-state index is 0.0539. The molecule has 1 saturated carbocycles. The Balaban J connectivity index is 1.87. The van der Waals surface area contributed by atoms with E-state index in [2.05, 4.69) is 17.7 Å². The summed E-state index contributed by atoms with van der Waals surface area (Å²) >= 11 is 1.52. The zero-order chi connectivity index (χ0) is 15.0. The second kappa shape index (κ2) is 5.64. The molecule has 4 nitrogen and oxygen atoms in total. The first-order valence-electron chi connectivity index (χ1n) is 7.44. The smallest absolute Gasteiger partial charge is 0.263 e. The molecule has 1 aliphatic carbocycles. The number of aryl methyl sites for hydroxylation is 1. The van der Waals surface area contributed by atoms with E-state index in [9.17, 15) is 4.79 Å². The van der Waals surface area contributed by atoms with Crippen molar-refractivity contribution in [3.8, 4) is 10.6 Å². The molecular weight excluding hydrogens is 282 g/mol. The van der Waals surface area contributed by atoms with Crippen LogP contribution in [0, 0.1) is 6.92 Å². The first-order chi connectivity index (χ1) is 10.1. The Labute approximate surface area is 129 Å².